The highest BCUT2D eigenvalue weighted by molar-refractivity contribution is 5.81. The zero-order valence-electron chi connectivity index (χ0n) is 16.4. The Balaban J connectivity index is 1.87. The minimum absolute atomic E-state index is 0.126. The van der Waals surface area contributed by atoms with Crippen molar-refractivity contribution in [1.29, 1.82) is 0 Å². The average molecular weight is 419 g/mol. The average Bonchev–Trinajstić information content (AvgIpc) is 2.69. The van der Waals surface area contributed by atoms with Gasteiger partial charge in [-0.05, 0) is 43.7 Å². The van der Waals surface area contributed by atoms with Crippen LogP contribution in [-0.4, -0.2) is 15.0 Å². The van der Waals surface area contributed by atoms with Gasteiger partial charge >= 0.3 is 11.9 Å². The van der Waals surface area contributed by atoms with Crippen LogP contribution in [0.5, 0.6) is 0 Å². The van der Waals surface area contributed by atoms with E-state index in [1.54, 1.807) is 38.1 Å². The number of nitrogens with zero attached hydrogens (tertiary/aromatic N) is 2. The van der Waals surface area contributed by atoms with E-state index in [4.69, 9.17) is 0 Å². The summed E-state index contributed by atoms with van der Waals surface area (Å²) < 4.78 is 40.8. The van der Waals surface area contributed by atoms with Gasteiger partial charge in [0.2, 0.25) is 5.91 Å². The van der Waals surface area contributed by atoms with Crippen LogP contribution in [0.4, 0.5) is 13.2 Å². The molecule has 3 aromatic rings. The number of amides is 1. The van der Waals surface area contributed by atoms with Crippen molar-refractivity contribution in [3.8, 4) is 0 Å². The first kappa shape index (κ1) is 21.4. The van der Waals surface area contributed by atoms with E-state index in [0.717, 1.165) is 16.7 Å². The summed E-state index contributed by atoms with van der Waals surface area (Å²) in [6.07, 6.45) is -4.48. The third kappa shape index (κ3) is 4.29. The van der Waals surface area contributed by atoms with Crippen LogP contribution in [0.2, 0.25) is 0 Å². The molecule has 9 heteroatoms. The fraction of sp³-hybridized carbons (Fsp3) is 0.286. The summed E-state index contributed by atoms with van der Waals surface area (Å²) in [4.78, 5) is 37.9. The molecule has 0 radical (unpaired) electrons. The third-order valence-electron chi connectivity index (χ3n) is 4.64. The van der Waals surface area contributed by atoms with Crippen molar-refractivity contribution in [2.24, 2.45) is 0 Å². The molecule has 158 valence electrons. The molecular weight excluding hydrogens is 399 g/mol. The number of carbonyl (C=O) groups excluding carboxylic acids is 1. The Morgan fingerprint density at radius 2 is 1.77 bits per heavy atom. The largest absolute Gasteiger partial charge is 0.416 e. The Labute approximate surface area is 169 Å². The predicted octanol–water partition coefficient (Wildman–Crippen LogP) is 3.08. The molecule has 0 aliphatic heterocycles. The Morgan fingerprint density at radius 1 is 1.07 bits per heavy atom. The highest BCUT2D eigenvalue weighted by Crippen LogP contribution is 2.29. The van der Waals surface area contributed by atoms with E-state index >= 15 is 0 Å². The minimum atomic E-state index is -4.48. The molecule has 0 aliphatic carbocycles. The number of para-hydroxylation sites is 1. The number of alkyl halides is 3. The number of benzene rings is 2. The fourth-order valence-corrected chi connectivity index (χ4v) is 3.21. The molecule has 0 unspecified atom stereocenters. The smallest absolute Gasteiger partial charge is 0.350 e. The second-order valence-corrected chi connectivity index (χ2v) is 7.13. The van der Waals surface area contributed by atoms with Crippen molar-refractivity contribution in [1.82, 2.24) is 14.5 Å². The summed E-state index contributed by atoms with van der Waals surface area (Å²) >= 11 is 0. The van der Waals surface area contributed by atoms with Gasteiger partial charge in [0.1, 0.15) is 6.54 Å². The minimum Gasteiger partial charge on any atom is -0.350 e. The summed E-state index contributed by atoms with van der Waals surface area (Å²) in [6.45, 7) is 2.88. The number of hydrogen-bond acceptors (Lipinski definition) is 3. The Hall–Kier alpha value is -3.36. The molecule has 0 atom stereocenters. The first-order chi connectivity index (χ1) is 14.1. The van der Waals surface area contributed by atoms with E-state index in [9.17, 15) is 27.6 Å². The maximum Gasteiger partial charge on any atom is 0.416 e. The van der Waals surface area contributed by atoms with Gasteiger partial charge in [0.05, 0.1) is 16.5 Å². The second kappa shape index (κ2) is 8.17. The highest BCUT2D eigenvalue weighted by Gasteiger charge is 2.30. The molecule has 1 heterocycles. The van der Waals surface area contributed by atoms with Gasteiger partial charge in [-0.15, -0.1) is 0 Å². The van der Waals surface area contributed by atoms with Crippen LogP contribution in [-0.2, 0) is 24.1 Å². The van der Waals surface area contributed by atoms with Crippen molar-refractivity contribution < 1.29 is 18.0 Å². The normalized spacial score (nSPS) is 11.8. The lowest BCUT2D eigenvalue weighted by Crippen LogP contribution is -2.43. The summed E-state index contributed by atoms with van der Waals surface area (Å²) in [5, 5.41) is 2.83. The lowest BCUT2D eigenvalue weighted by atomic mass is 10.1. The number of aromatic nitrogens is 2. The number of nitrogens with one attached hydrogen (secondary N) is 1. The molecule has 0 bridgehead atoms. The molecule has 0 saturated heterocycles. The second-order valence-electron chi connectivity index (χ2n) is 7.13. The van der Waals surface area contributed by atoms with Gasteiger partial charge in [-0.2, -0.15) is 13.2 Å². The van der Waals surface area contributed by atoms with Crippen LogP contribution in [0.1, 0.15) is 31.0 Å². The number of hydrogen-bond donors (Lipinski definition) is 1. The Bertz CT molecular complexity index is 1210. The first-order valence-corrected chi connectivity index (χ1v) is 9.26. The zero-order chi connectivity index (χ0) is 22.1. The maximum atomic E-state index is 12.8. The summed E-state index contributed by atoms with van der Waals surface area (Å²) in [5.74, 6) is -0.561. The number of rotatable bonds is 5. The van der Waals surface area contributed by atoms with Gasteiger partial charge in [-0.3, -0.25) is 18.7 Å². The molecule has 0 aliphatic rings. The fourth-order valence-electron chi connectivity index (χ4n) is 3.21. The highest BCUT2D eigenvalue weighted by atomic mass is 19.4. The molecule has 30 heavy (non-hydrogen) atoms. The quantitative estimate of drug-likeness (QED) is 0.691. The molecule has 0 fully saturated rings. The van der Waals surface area contributed by atoms with Crippen molar-refractivity contribution in [2.75, 3.05) is 0 Å². The lowest BCUT2D eigenvalue weighted by Gasteiger charge is -2.16. The SMILES string of the molecule is CC(C)n1c(=O)c2ccccc2n(CC(=O)NCc2cccc(C(F)(F)F)c2)c1=O. The third-order valence-corrected chi connectivity index (χ3v) is 4.64. The number of fused-ring (bicyclic) bond motifs is 1. The van der Waals surface area contributed by atoms with Gasteiger partial charge in [0.15, 0.2) is 0 Å². The number of halogens is 3. The van der Waals surface area contributed by atoms with Crippen LogP contribution in [0.15, 0.2) is 58.1 Å². The number of carbonyl (C=O) groups is 1. The van der Waals surface area contributed by atoms with E-state index in [1.807, 2.05) is 0 Å². The van der Waals surface area contributed by atoms with Crippen LogP contribution in [0.25, 0.3) is 10.9 Å². The summed E-state index contributed by atoms with van der Waals surface area (Å²) in [6, 6.07) is 10.7. The van der Waals surface area contributed by atoms with Crippen LogP contribution in [0.3, 0.4) is 0 Å². The predicted molar refractivity (Wildman–Crippen MR) is 106 cm³/mol. The van der Waals surface area contributed by atoms with Crippen molar-refractivity contribution in [2.45, 2.75) is 39.2 Å². The molecule has 1 N–H and O–H groups in total. The van der Waals surface area contributed by atoms with Gasteiger partial charge < -0.3 is 5.32 Å². The van der Waals surface area contributed by atoms with Crippen LogP contribution < -0.4 is 16.6 Å². The summed E-state index contributed by atoms with van der Waals surface area (Å²) in [5.41, 5.74) is -1.27. The summed E-state index contributed by atoms with van der Waals surface area (Å²) in [7, 11) is 0. The lowest BCUT2D eigenvalue weighted by molar-refractivity contribution is -0.137. The Kier molecular flexibility index (Phi) is 5.82. The first-order valence-electron chi connectivity index (χ1n) is 9.26. The molecule has 2 aromatic carbocycles. The molecule has 0 saturated carbocycles. The van der Waals surface area contributed by atoms with Gasteiger partial charge in [-0.25, -0.2) is 4.79 Å². The van der Waals surface area contributed by atoms with Gasteiger partial charge in [0.25, 0.3) is 5.56 Å². The standard InChI is InChI=1S/C21H20F3N3O3/c1-13(2)27-19(29)16-8-3-4-9-17(16)26(20(27)30)12-18(28)25-11-14-6-5-7-15(10-14)21(22,23)24/h3-10,13H,11-12H2,1-2H3,(H,25,28). The molecule has 1 amide bonds. The molecule has 3 rings (SSSR count). The van der Waals surface area contributed by atoms with Gasteiger partial charge in [0, 0.05) is 12.6 Å². The van der Waals surface area contributed by atoms with Crippen molar-refractivity contribution in [3.05, 3.63) is 80.5 Å². The van der Waals surface area contributed by atoms with E-state index in [-0.39, 0.29) is 18.7 Å². The Morgan fingerprint density at radius 3 is 2.43 bits per heavy atom. The molecular formula is C21H20F3N3O3. The van der Waals surface area contributed by atoms with E-state index in [1.165, 1.54) is 16.7 Å². The topological polar surface area (TPSA) is 73.1 Å². The monoisotopic (exact) mass is 419 g/mol. The van der Waals surface area contributed by atoms with Crippen LogP contribution in [0, 0.1) is 0 Å². The van der Waals surface area contributed by atoms with E-state index < -0.39 is 34.9 Å². The van der Waals surface area contributed by atoms with Crippen molar-refractivity contribution in [3.63, 3.8) is 0 Å². The van der Waals surface area contributed by atoms with Crippen LogP contribution >= 0.6 is 0 Å². The molecule has 1 aromatic heterocycles. The van der Waals surface area contributed by atoms with Gasteiger partial charge in [-0.1, -0.05) is 24.3 Å². The van der Waals surface area contributed by atoms with E-state index in [0.29, 0.717) is 10.9 Å². The zero-order valence-corrected chi connectivity index (χ0v) is 16.4. The molecule has 0 spiro atoms. The van der Waals surface area contributed by atoms with E-state index in [2.05, 4.69) is 5.32 Å². The van der Waals surface area contributed by atoms with Crippen molar-refractivity contribution >= 4 is 16.8 Å². The molecule has 6 nitrogen and oxygen atoms in total. The maximum absolute atomic E-state index is 12.8.